The van der Waals surface area contributed by atoms with Crippen LogP contribution >= 0.6 is 0 Å². The summed E-state index contributed by atoms with van der Waals surface area (Å²) in [6.07, 6.45) is 0. The first kappa shape index (κ1) is 18.6. The topological polar surface area (TPSA) is 71.6 Å². The molecule has 2 aromatic rings. The SMILES string of the molecule is COc1cccc(CN(C)C(=O)c2[nH]c(C)c(C(C)=O)c2C)c1OC. The van der Waals surface area contributed by atoms with Gasteiger partial charge in [-0.05, 0) is 32.4 Å². The smallest absolute Gasteiger partial charge is 0.270 e. The molecule has 1 aromatic heterocycles. The molecule has 1 amide bonds. The first-order chi connectivity index (χ1) is 11.8. The van der Waals surface area contributed by atoms with E-state index in [-0.39, 0.29) is 11.7 Å². The van der Waals surface area contributed by atoms with Crippen LogP contribution in [0.15, 0.2) is 18.2 Å². The molecule has 6 nitrogen and oxygen atoms in total. The highest BCUT2D eigenvalue weighted by molar-refractivity contribution is 6.02. The zero-order chi connectivity index (χ0) is 18.7. The van der Waals surface area contributed by atoms with Crippen molar-refractivity contribution >= 4 is 11.7 Å². The van der Waals surface area contributed by atoms with E-state index < -0.39 is 0 Å². The summed E-state index contributed by atoms with van der Waals surface area (Å²) in [6, 6.07) is 5.55. The van der Waals surface area contributed by atoms with Gasteiger partial charge in [-0.15, -0.1) is 0 Å². The zero-order valence-corrected chi connectivity index (χ0v) is 15.5. The number of amides is 1. The van der Waals surface area contributed by atoms with Crippen molar-refractivity contribution in [1.82, 2.24) is 9.88 Å². The number of carbonyl (C=O) groups excluding carboxylic acids is 2. The Balaban J connectivity index is 2.31. The molecule has 0 atom stereocenters. The van der Waals surface area contributed by atoms with E-state index in [1.165, 1.54) is 6.92 Å². The number of methoxy groups -OCH3 is 2. The molecule has 0 spiro atoms. The van der Waals surface area contributed by atoms with Crippen molar-refractivity contribution in [2.75, 3.05) is 21.3 Å². The average molecular weight is 344 g/mol. The van der Waals surface area contributed by atoms with E-state index in [9.17, 15) is 9.59 Å². The lowest BCUT2D eigenvalue weighted by atomic mass is 10.1. The van der Waals surface area contributed by atoms with Gasteiger partial charge in [-0.1, -0.05) is 12.1 Å². The summed E-state index contributed by atoms with van der Waals surface area (Å²) < 4.78 is 10.7. The molecule has 0 radical (unpaired) electrons. The van der Waals surface area contributed by atoms with E-state index in [0.29, 0.717) is 40.6 Å². The number of H-pyrrole nitrogens is 1. The normalized spacial score (nSPS) is 10.5. The monoisotopic (exact) mass is 344 g/mol. The number of ketones is 1. The van der Waals surface area contributed by atoms with Crippen molar-refractivity contribution in [3.05, 3.63) is 46.3 Å². The number of aromatic amines is 1. The molecule has 0 aliphatic carbocycles. The number of hydrogen-bond donors (Lipinski definition) is 1. The number of benzene rings is 1. The second kappa shape index (κ2) is 7.42. The summed E-state index contributed by atoms with van der Waals surface area (Å²) in [5.41, 5.74) is 3.24. The molecule has 0 saturated heterocycles. The molecule has 0 fully saturated rings. The minimum atomic E-state index is -0.182. The summed E-state index contributed by atoms with van der Waals surface area (Å²) in [5.74, 6) is 0.987. The van der Waals surface area contributed by atoms with Crippen molar-refractivity contribution < 1.29 is 19.1 Å². The number of ether oxygens (including phenoxy) is 2. The van der Waals surface area contributed by atoms with Crippen molar-refractivity contribution in [2.24, 2.45) is 0 Å². The van der Waals surface area contributed by atoms with Gasteiger partial charge >= 0.3 is 0 Å². The Morgan fingerprint density at radius 2 is 1.84 bits per heavy atom. The number of carbonyl (C=O) groups is 2. The summed E-state index contributed by atoms with van der Waals surface area (Å²) in [7, 11) is 4.86. The van der Waals surface area contributed by atoms with Crippen LogP contribution in [0.2, 0.25) is 0 Å². The largest absolute Gasteiger partial charge is 0.493 e. The molecule has 1 aromatic carbocycles. The predicted molar refractivity (Wildman–Crippen MR) is 95.6 cm³/mol. The molecule has 0 aliphatic heterocycles. The van der Waals surface area contributed by atoms with Crippen LogP contribution in [0.4, 0.5) is 0 Å². The number of nitrogens with one attached hydrogen (secondary N) is 1. The maximum Gasteiger partial charge on any atom is 0.270 e. The molecular weight excluding hydrogens is 320 g/mol. The lowest BCUT2D eigenvalue weighted by Crippen LogP contribution is -2.27. The molecule has 0 unspecified atom stereocenters. The number of nitrogens with zero attached hydrogens (tertiary/aromatic N) is 1. The lowest BCUT2D eigenvalue weighted by molar-refractivity contribution is 0.0778. The van der Waals surface area contributed by atoms with Gasteiger partial charge in [-0.3, -0.25) is 9.59 Å². The van der Waals surface area contributed by atoms with E-state index in [1.807, 2.05) is 18.2 Å². The van der Waals surface area contributed by atoms with Gasteiger partial charge in [0.25, 0.3) is 5.91 Å². The van der Waals surface area contributed by atoms with Crippen LogP contribution in [0.1, 0.15) is 44.6 Å². The number of Topliss-reactive ketones (excluding diaryl/α,β-unsaturated/α-hetero) is 1. The Morgan fingerprint density at radius 3 is 2.36 bits per heavy atom. The summed E-state index contributed by atoms with van der Waals surface area (Å²) in [5, 5.41) is 0. The minimum Gasteiger partial charge on any atom is -0.493 e. The number of rotatable bonds is 6. The molecule has 1 heterocycles. The van der Waals surface area contributed by atoms with Crippen LogP contribution in [0, 0.1) is 13.8 Å². The van der Waals surface area contributed by atoms with E-state index >= 15 is 0 Å². The third-order valence-corrected chi connectivity index (χ3v) is 4.24. The third-order valence-electron chi connectivity index (χ3n) is 4.24. The minimum absolute atomic E-state index is 0.0533. The molecular formula is C19H24N2O4. The highest BCUT2D eigenvalue weighted by Crippen LogP contribution is 2.31. The fraction of sp³-hybridized carbons (Fsp3) is 0.368. The molecule has 134 valence electrons. The molecule has 6 heteroatoms. The Kier molecular flexibility index (Phi) is 5.51. The first-order valence-electron chi connectivity index (χ1n) is 7.97. The first-order valence-corrected chi connectivity index (χ1v) is 7.97. The van der Waals surface area contributed by atoms with E-state index in [1.54, 1.807) is 40.0 Å². The molecule has 0 saturated carbocycles. The Labute approximate surface area is 147 Å². The van der Waals surface area contributed by atoms with Crippen molar-refractivity contribution in [3.8, 4) is 11.5 Å². The Hall–Kier alpha value is -2.76. The van der Waals surface area contributed by atoms with Crippen LogP contribution in [0.3, 0.4) is 0 Å². The summed E-state index contributed by atoms with van der Waals surface area (Å²) in [4.78, 5) is 29.2. The number of para-hydroxylation sites is 1. The Bertz CT molecular complexity index is 808. The second-order valence-electron chi connectivity index (χ2n) is 6.00. The highest BCUT2D eigenvalue weighted by Gasteiger charge is 2.23. The fourth-order valence-corrected chi connectivity index (χ4v) is 3.09. The lowest BCUT2D eigenvalue weighted by Gasteiger charge is -2.20. The molecule has 25 heavy (non-hydrogen) atoms. The number of hydrogen-bond acceptors (Lipinski definition) is 4. The molecule has 2 rings (SSSR count). The highest BCUT2D eigenvalue weighted by atomic mass is 16.5. The van der Waals surface area contributed by atoms with Crippen molar-refractivity contribution in [1.29, 1.82) is 0 Å². The van der Waals surface area contributed by atoms with E-state index in [4.69, 9.17) is 9.47 Å². The van der Waals surface area contributed by atoms with Crippen LogP contribution in [-0.2, 0) is 6.54 Å². The third kappa shape index (κ3) is 3.52. The average Bonchev–Trinajstić information content (AvgIpc) is 2.88. The van der Waals surface area contributed by atoms with Crippen LogP contribution < -0.4 is 9.47 Å². The summed E-state index contributed by atoms with van der Waals surface area (Å²) in [6.45, 7) is 5.44. The molecule has 0 aliphatic rings. The summed E-state index contributed by atoms with van der Waals surface area (Å²) >= 11 is 0. The van der Waals surface area contributed by atoms with Gasteiger partial charge in [0, 0.05) is 30.4 Å². The van der Waals surface area contributed by atoms with Gasteiger partial charge in [0.05, 0.1) is 14.2 Å². The van der Waals surface area contributed by atoms with Gasteiger partial charge in [0.2, 0.25) is 0 Å². The van der Waals surface area contributed by atoms with Crippen LogP contribution in [0.5, 0.6) is 11.5 Å². The van der Waals surface area contributed by atoms with E-state index in [2.05, 4.69) is 4.98 Å². The van der Waals surface area contributed by atoms with Crippen LogP contribution in [-0.4, -0.2) is 42.8 Å². The van der Waals surface area contributed by atoms with Gasteiger partial charge in [0.15, 0.2) is 17.3 Å². The van der Waals surface area contributed by atoms with Crippen molar-refractivity contribution in [3.63, 3.8) is 0 Å². The van der Waals surface area contributed by atoms with Gasteiger partial charge < -0.3 is 19.4 Å². The molecule has 1 N–H and O–H groups in total. The zero-order valence-electron chi connectivity index (χ0n) is 15.5. The number of aromatic nitrogens is 1. The van der Waals surface area contributed by atoms with Crippen molar-refractivity contribution in [2.45, 2.75) is 27.3 Å². The fourth-order valence-electron chi connectivity index (χ4n) is 3.09. The Morgan fingerprint density at radius 1 is 1.16 bits per heavy atom. The van der Waals surface area contributed by atoms with Gasteiger partial charge in [0.1, 0.15) is 5.69 Å². The standard InChI is InChI=1S/C19H24N2O4/c1-11-16(13(3)22)12(2)20-17(11)19(23)21(4)10-14-8-7-9-15(24-5)18(14)25-6/h7-9,20H,10H2,1-6H3. The predicted octanol–water partition coefficient (Wildman–Crippen LogP) is 3.12. The van der Waals surface area contributed by atoms with E-state index in [0.717, 1.165) is 5.56 Å². The second-order valence-corrected chi connectivity index (χ2v) is 6.00. The number of aryl methyl sites for hydroxylation is 1. The van der Waals surface area contributed by atoms with Crippen LogP contribution in [0.25, 0.3) is 0 Å². The van der Waals surface area contributed by atoms with Gasteiger partial charge in [-0.2, -0.15) is 0 Å². The van der Waals surface area contributed by atoms with Gasteiger partial charge in [-0.25, -0.2) is 0 Å². The maximum absolute atomic E-state index is 12.8. The maximum atomic E-state index is 12.8. The quantitative estimate of drug-likeness (QED) is 0.817. The molecule has 0 bridgehead atoms.